The van der Waals surface area contributed by atoms with Crippen molar-refractivity contribution in [1.82, 2.24) is 0 Å². The molecule has 0 bridgehead atoms. The third-order valence-corrected chi connectivity index (χ3v) is 10.0. The van der Waals surface area contributed by atoms with Crippen LogP contribution < -0.4 is 0 Å². The maximum Gasteiger partial charge on any atom is 0.192 e. The van der Waals surface area contributed by atoms with Crippen molar-refractivity contribution < 1.29 is 14.0 Å². The standard InChI is InChI=1S/C19H38O3Si/c1-8-12-13-16(5)19(21-7)17(6)18(14-15-20)22-23(9-2,10-3)11-4/h8,12,15-19H,9-11,13-14H2,1-7H3/b12-8+/t16-,17-,18-,19+/m0/s1. The summed E-state index contributed by atoms with van der Waals surface area (Å²) in [6.45, 7) is 13.1. The van der Waals surface area contributed by atoms with Crippen LogP contribution in [0, 0.1) is 11.8 Å². The van der Waals surface area contributed by atoms with Crippen LogP contribution in [0.3, 0.4) is 0 Å². The summed E-state index contributed by atoms with van der Waals surface area (Å²) in [4.78, 5) is 11.2. The summed E-state index contributed by atoms with van der Waals surface area (Å²) in [6, 6.07) is 3.32. The molecule has 3 nitrogen and oxygen atoms in total. The molecule has 0 rings (SSSR count). The lowest BCUT2D eigenvalue weighted by molar-refractivity contribution is -0.111. The normalized spacial score (nSPS) is 17.9. The molecule has 23 heavy (non-hydrogen) atoms. The molecule has 4 atom stereocenters. The quantitative estimate of drug-likeness (QED) is 0.261. The first-order valence-electron chi connectivity index (χ1n) is 9.20. The van der Waals surface area contributed by atoms with Crippen LogP contribution in [0.15, 0.2) is 12.2 Å². The lowest BCUT2D eigenvalue weighted by Crippen LogP contribution is -2.46. The first kappa shape index (κ1) is 22.5. The Morgan fingerprint density at radius 3 is 2.00 bits per heavy atom. The van der Waals surface area contributed by atoms with Gasteiger partial charge in [0.15, 0.2) is 8.32 Å². The van der Waals surface area contributed by atoms with E-state index >= 15 is 0 Å². The van der Waals surface area contributed by atoms with Gasteiger partial charge in [-0.2, -0.15) is 0 Å². The second kappa shape index (κ2) is 12.0. The van der Waals surface area contributed by atoms with Gasteiger partial charge in [0.2, 0.25) is 0 Å². The van der Waals surface area contributed by atoms with Gasteiger partial charge in [-0.3, -0.25) is 0 Å². The molecule has 0 aliphatic heterocycles. The molecule has 0 heterocycles. The molecule has 0 aliphatic rings. The molecule has 0 aromatic heterocycles. The first-order chi connectivity index (χ1) is 10.9. The van der Waals surface area contributed by atoms with Crippen LogP contribution in [0.5, 0.6) is 0 Å². The molecule has 0 aromatic carbocycles. The number of methoxy groups -OCH3 is 1. The summed E-state index contributed by atoms with van der Waals surface area (Å²) in [5.41, 5.74) is 0. The van der Waals surface area contributed by atoms with E-state index in [0.717, 1.165) is 30.8 Å². The smallest absolute Gasteiger partial charge is 0.192 e. The van der Waals surface area contributed by atoms with E-state index in [1.54, 1.807) is 7.11 Å². The van der Waals surface area contributed by atoms with Crippen LogP contribution in [0.2, 0.25) is 18.1 Å². The molecule has 0 aromatic rings. The summed E-state index contributed by atoms with van der Waals surface area (Å²) in [5.74, 6) is 0.617. The predicted octanol–water partition coefficient (Wildman–Crippen LogP) is 5.22. The van der Waals surface area contributed by atoms with E-state index in [9.17, 15) is 4.79 Å². The Morgan fingerprint density at radius 2 is 1.61 bits per heavy atom. The van der Waals surface area contributed by atoms with E-state index in [1.807, 2.05) is 6.92 Å². The number of hydrogen-bond donors (Lipinski definition) is 0. The predicted molar refractivity (Wildman–Crippen MR) is 101 cm³/mol. The van der Waals surface area contributed by atoms with Crippen molar-refractivity contribution >= 4 is 14.6 Å². The molecular weight excluding hydrogens is 304 g/mol. The Hall–Kier alpha value is -0.453. The Morgan fingerprint density at radius 1 is 1.04 bits per heavy atom. The average molecular weight is 343 g/mol. The fourth-order valence-electron chi connectivity index (χ4n) is 3.45. The average Bonchev–Trinajstić information content (AvgIpc) is 2.57. The maximum absolute atomic E-state index is 11.2. The van der Waals surface area contributed by atoms with Crippen molar-refractivity contribution in [3.05, 3.63) is 12.2 Å². The molecule has 0 aliphatic carbocycles. The summed E-state index contributed by atoms with van der Waals surface area (Å²) in [6.07, 6.45) is 6.80. The maximum atomic E-state index is 11.2. The molecule has 0 amide bonds. The van der Waals surface area contributed by atoms with Gasteiger partial charge in [0.05, 0.1) is 12.2 Å². The zero-order valence-corrected chi connectivity index (χ0v) is 17.3. The number of carbonyl (C=O) groups is 1. The molecule has 0 saturated heterocycles. The fourth-order valence-corrected chi connectivity index (χ4v) is 6.40. The summed E-state index contributed by atoms with van der Waals surface area (Å²) in [5, 5.41) is 0. The number of rotatable bonds is 13. The SMILES string of the molecule is C/C=C/C[C@H](C)[C@@H](OC)[C@@H](C)[C@H](CC=O)O[Si](CC)(CC)CC. The van der Waals surface area contributed by atoms with Crippen LogP contribution in [0.1, 0.15) is 54.4 Å². The number of allylic oxidation sites excluding steroid dienone is 2. The van der Waals surface area contributed by atoms with E-state index in [2.05, 4.69) is 46.8 Å². The fraction of sp³-hybridized carbons (Fsp3) is 0.842. The number of hydrogen-bond acceptors (Lipinski definition) is 3. The van der Waals surface area contributed by atoms with Crippen molar-refractivity contribution in [2.24, 2.45) is 11.8 Å². The van der Waals surface area contributed by atoms with Gasteiger partial charge in [0.1, 0.15) is 6.29 Å². The third kappa shape index (κ3) is 6.90. The summed E-state index contributed by atoms with van der Waals surface area (Å²) < 4.78 is 12.4. The number of aldehydes is 1. The Bertz CT molecular complexity index is 331. The summed E-state index contributed by atoms with van der Waals surface area (Å²) in [7, 11) is 0.0456. The van der Waals surface area contributed by atoms with Crippen LogP contribution in [0.25, 0.3) is 0 Å². The zero-order valence-electron chi connectivity index (χ0n) is 16.3. The van der Waals surface area contributed by atoms with E-state index in [1.165, 1.54) is 0 Å². The topological polar surface area (TPSA) is 35.5 Å². The van der Waals surface area contributed by atoms with E-state index in [4.69, 9.17) is 9.16 Å². The van der Waals surface area contributed by atoms with Crippen molar-refractivity contribution in [3.8, 4) is 0 Å². The van der Waals surface area contributed by atoms with Crippen LogP contribution in [-0.4, -0.2) is 33.9 Å². The molecule has 0 fully saturated rings. The van der Waals surface area contributed by atoms with E-state index < -0.39 is 8.32 Å². The second-order valence-corrected chi connectivity index (χ2v) is 11.4. The van der Waals surface area contributed by atoms with Gasteiger partial charge in [0.25, 0.3) is 0 Å². The van der Waals surface area contributed by atoms with Crippen molar-refractivity contribution in [3.63, 3.8) is 0 Å². The lowest BCUT2D eigenvalue weighted by Gasteiger charge is -2.39. The number of carbonyl (C=O) groups excluding carboxylic acids is 1. The summed E-state index contributed by atoms with van der Waals surface area (Å²) >= 11 is 0. The molecule has 136 valence electrons. The highest BCUT2D eigenvalue weighted by Crippen LogP contribution is 2.31. The van der Waals surface area contributed by atoms with Crippen LogP contribution in [0.4, 0.5) is 0 Å². The molecule has 0 unspecified atom stereocenters. The molecule has 0 N–H and O–H groups in total. The Labute approximate surface area is 145 Å². The van der Waals surface area contributed by atoms with Gasteiger partial charge in [-0.1, -0.05) is 46.8 Å². The molecule has 0 radical (unpaired) electrons. The van der Waals surface area contributed by atoms with Gasteiger partial charge in [-0.15, -0.1) is 0 Å². The van der Waals surface area contributed by atoms with Crippen molar-refractivity contribution in [1.29, 1.82) is 0 Å². The van der Waals surface area contributed by atoms with Crippen LogP contribution >= 0.6 is 0 Å². The van der Waals surface area contributed by atoms with Gasteiger partial charge >= 0.3 is 0 Å². The minimum Gasteiger partial charge on any atom is -0.413 e. The minimum atomic E-state index is -1.73. The number of ether oxygens (including phenoxy) is 1. The molecule has 4 heteroatoms. The highest BCUT2D eigenvalue weighted by molar-refractivity contribution is 6.73. The molecule has 0 spiro atoms. The Balaban J connectivity index is 5.20. The second-order valence-electron chi connectivity index (χ2n) is 6.64. The zero-order chi connectivity index (χ0) is 17.9. The molecule has 0 saturated carbocycles. The molecular formula is C19H38O3Si. The monoisotopic (exact) mass is 342 g/mol. The third-order valence-electron chi connectivity index (χ3n) is 5.34. The van der Waals surface area contributed by atoms with Gasteiger partial charge in [0, 0.05) is 19.4 Å². The van der Waals surface area contributed by atoms with Gasteiger partial charge in [-0.05, 0) is 37.4 Å². The van der Waals surface area contributed by atoms with Crippen molar-refractivity contribution in [2.45, 2.75) is 84.7 Å². The van der Waals surface area contributed by atoms with Crippen LogP contribution in [-0.2, 0) is 14.0 Å². The highest BCUT2D eigenvalue weighted by atomic mass is 28.4. The first-order valence-corrected chi connectivity index (χ1v) is 11.7. The van der Waals surface area contributed by atoms with E-state index in [-0.39, 0.29) is 18.1 Å². The van der Waals surface area contributed by atoms with Gasteiger partial charge < -0.3 is 14.0 Å². The largest absolute Gasteiger partial charge is 0.413 e. The highest BCUT2D eigenvalue weighted by Gasteiger charge is 2.37. The lowest BCUT2D eigenvalue weighted by atomic mass is 9.86. The van der Waals surface area contributed by atoms with E-state index in [0.29, 0.717) is 12.3 Å². The minimum absolute atomic E-state index is 0.0305. The van der Waals surface area contributed by atoms with Gasteiger partial charge in [-0.25, -0.2) is 0 Å². The van der Waals surface area contributed by atoms with Crippen molar-refractivity contribution in [2.75, 3.05) is 7.11 Å². The Kier molecular flexibility index (Phi) is 11.8.